The first-order chi connectivity index (χ1) is 10.7. The molecule has 0 spiro atoms. The van der Waals surface area contributed by atoms with Crippen molar-refractivity contribution in [2.45, 2.75) is 45.1 Å². The third-order valence-corrected chi connectivity index (χ3v) is 3.62. The molecule has 0 aliphatic carbocycles. The summed E-state index contributed by atoms with van der Waals surface area (Å²) in [6.07, 6.45) is 0.951. The molecule has 1 aliphatic rings. The molecular formula is C16H22N2O5. The van der Waals surface area contributed by atoms with Crippen LogP contribution in [0.3, 0.4) is 0 Å². The van der Waals surface area contributed by atoms with E-state index in [4.69, 9.17) is 9.57 Å². The molecule has 0 N–H and O–H groups in total. The summed E-state index contributed by atoms with van der Waals surface area (Å²) in [5.41, 5.74) is 0.598. The highest BCUT2D eigenvalue weighted by Gasteiger charge is 2.25. The number of nitrogens with zero attached hydrogens (tertiary/aromatic N) is 2. The lowest BCUT2D eigenvalue weighted by molar-refractivity contribution is -0.384. The lowest BCUT2D eigenvalue weighted by atomic mass is 9.90. The number of rotatable bonds is 3. The number of carbonyl (C=O) groups excluding carboxylic acids is 1. The molecule has 0 saturated carbocycles. The van der Waals surface area contributed by atoms with Crippen molar-refractivity contribution in [2.24, 2.45) is 0 Å². The molecule has 0 bridgehead atoms. The van der Waals surface area contributed by atoms with E-state index < -0.39 is 16.7 Å². The van der Waals surface area contributed by atoms with Gasteiger partial charge in [-0.1, -0.05) is 12.1 Å². The lowest BCUT2D eigenvalue weighted by Crippen LogP contribution is -2.37. The summed E-state index contributed by atoms with van der Waals surface area (Å²) in [5.74, 6) is 0.314. The van der Waals surface area contributed by atoms with Crippen molar-refractivity contribution in [2.75, 3.05) is 13.1 Å². The van der Waals surface area contributed by atoms with E-state index in [2.05, 4.69) is 0 Å². The normalized spacial score (nSPS) is 16.8. The van der Waals surface area contributed by atoms with Crippen LogP contribution in [0.4, 0.5) is 10.5 Å². The zero-order valence-corrected chi connectivity index (χ0v) is 13.7. The number of piperidine rings is 1. The SMILES string of the molecule is CC(C)(C)OC(=O)ON1CCC(c2ccc([N+](=O)[O-])cc2)CC1. The number of non-ortho nitro benzene ring substituents is 1. The molecule has 0 aromatic heterocycles. The van der Waals surface area contributed by atoms with Gasteiger partial charge in [-0.05, 0) is 45.1 Å². The average Bonchev–Trinajstić information content (AvgIpc) is 2.46. The van der Waals surface area contributed by atoms with Gasteiger partial charge in [0.25, 0.3) is 5.69 Å². The van der Waals surface area contributed by atoms with Crippen molar-refractivity contribution in [3.8, 4) is 0 Å². The summed E-state index contributed by atoms with van der Waals surface area (Å²) >= 11 is 0. The highest BCUT2D eigenvalue weighted by Crippen LogP contribution is 2.29. The number of benzene rings is 1. The smallest absolute Gasteiger partial charge is 0.427 e. The Kier molecular flexibility index (Phi) is 5.20. The fourth-order valence-electron chi connectivity index (χ4n) is 2.52. The van der Waals surface area contributed by atoms with Crippen LogP contribution in [0.25, 0.3) is 0 Å². The third kappa shape index (κ3) is 5.21. The van der Waals surface area contributed by atoms with Gasteiger partial charge >= 0.3 is 6.16 Å². The lowest BCUT2D eigenvalue weighted by Gasteiger charge is -2.31. The fourth-order valence-corrected chi connectivity index (χ4v) is 2.52. The van der Waals surface area contributed by atoms with Gasteiger partial charge in [-0.2, -0.15) is 0 Å². The van der Waals surface area contributed by atoms with Gasteiger partial charge in [-0.3, -0.25) is 10.1 Å². The Labute approximate surface area is 135 Å². The first kappa shape index (κ1) is 17.2. The van der Waals surface area contributed by atoms with Gasteiger partial charge in [-0.25, -0.2) is 4.79 Å². The molecule has 2 rings (SSSR count). The first-order valence-corrected chi connectivity index (χ1v) is 7.65. The van der Waals surface area contributed by atoms with Gasteiger partial charge in [0, 0.05) is 25.2 Å². The number of nitro groups is 1. The number of ether oxygens (including phenoxy) is 1. The van der Waals surface area contributed by atoms with Crippen molar-refractivity contribution in [3.05, 3.63) is 39.9 Å². The van der Waals surface area contributed by atoms with Crippen LogP contribution in [0.15, 0.2) is 24.3 Å². The molecule has 0 amide bonds. The number of carbonyl (C=O) groups is 1. The van der Waals surface area contributed by atoms with Gasteiger partial charge in [0.05, 0.1) is 4.92 Å². The van der Waals surface area contributed by atoms with Crippen LogP contribution in [0.5, 0.6) is 0 Å². The summed E-state index contributed by atoms with van der Waals surface area (Å²) in [5, 5.41) is 12.3. The molecule has 7 heteroatoms. The van der Waals surface area contributed by atoms with Crippen LogP contribution in [-0.2, 0) is 9.57 Å². The summed E-state index contributed by atoms with van der Waals surface area (Å²) in [6.45, 7) is 6.58. The van der Waals surface area contributed by atoms with Gasteiger partial charge < -0.3 is 9.57 Å². The van der Waals surface area contributed by atoms with E-state index in [1.54, 1.807) is 38.0 Å². The highest BCUT2D eigenvalue weighted by molar-refractivity contribution is 5.60. The van der Waals surface area contributed by atoms with Crippen LogP contribution in [0.1, 0.15) is 45.1 Å². The van der Waals surface area contributed by atoms with E-state index >= 15 is 0 Å². The molecule has 23 heavy (non-hydrogen) atoms. The molecule has 0 atom stereocenters. The Bertz CT molecular complexity index is 557. The Hall–Kier alpha value is -2.15. The number of hydroxylamine groups is 2. The molecule has 1 fully saturated rings. The fraction of sp³-hybridized carbons (Fsp3) is 0.562. The minimum absolute atomic E-state index is 0.0967. The summed E-state index contributed by atoms with van der Waals surface area (Å²) in [4.78, 5) is 27.1. The van der Waals surface area contributed by atoms with Gasteiger partial charge in [0.1, 0.15) is 5.60 Å². The first-order valence-electron chi connectivity index (χ1n) is 7.65. The molecule has 126 valence electrons. The van der Waals surface area contributed by atoms with Crippen molar-refractivity contribution in [3.63, 3.8) is 0 Å². The molecule has 7 nitrogen and oxygen atoms in total. The van der Waals surface area contributed by atoms with E-state index in [0.29, 0.717) is 19.0 Å². The molecule has 0 unspecified atom stereocenters. The molecule has 1 aromatic rings. The van der Waals surface area contributed by atoms with Crippen LogP contribution in [0, 0.1) is 10.1 Å². The quantitative estimate of drug-likeness (QED) is 0.480. The van der Waals surface area contributed by atoms with E-state index in [9.17, 15) is 14.9 Å². The standard InChI is InChI=1S/C16H22N2O5/c1-16(2,3)22-15(19)23-17-10-8-13(9-11-17)12-4-6-14(7-5-12)18(20)21/h4-7,13H,8-11H2,1-3H3. The van der Waals surface area contributed by atoms with Crippen molar-refractivity contribution in [1.82, 2.24) is 5.06 Å². The zero-order chi connectivity index (χ0) is 17.0. The Morgan fingerprint density at radius 2 is 1.78 bits per heavy atom. The van der Waals surface area contributed by atoms with Gasteiger partial charge in [0.2, 0.25) is 0 Å². The number of hydrogen-bond donors (Lipinski definition) is 0. The van der Waals surface area contributed by atoms with Crippen LogP contribution in [0.2, 0.25) is 0 Å². The third-order valence-electron chi connectivity index (χ3n) is 3.62. The molecule has 1 aliphatic heterocycles. The van der Waals surface area contributed by atoms with E-state index in [0.717, 1.165) is 18.4 Å². The van der Waals surface area contributed by atoms with E-state index in [-0.39, 0.29) is 5.69 Å². The Morgan fingerprint density at radius 1 is 1.22 bits per heavy atom. The Morgan fingerprint density at radius 3 is 2.26 bits per heavy atom. The molecular weight excluding hydrogens is 300 g/mol. The summed E-state index contributed by atoms with van der Waals surface area (Å²) in [6, 6.07) is 6.65. The minimum Gasteiger partial charge on any atom is -0.427 e. The second kappa shape index (κ2) is 6.95. The van der Waals surface area contributed by atoms with Gasteiger partial charge in [-0.15, -0.1) is 5.06 Å². The molecule has 1 aromatic carbocycles. The summed E-state index contributed by atoms with van der Waals surface area (Å²) < 4.78 is 5.12. The van der Waals surface area contributed by atoms with Crippen LogP contribution < -0.4 is 0 Å². The summed E-state index contributed by atoms with van der Waals surface area (Å²) in [7, 11) is 0. The molecule has 1 saturated heterocycles. The second-order valence-electron chi connectivity index (χ2n) is 6.61. The number of nitro benzene ring substituents is 1. The van der Waals surface area contributed by atoms with Gasteiger partial charge in [0.15, 0.2) is 0 Å². The predicted octanol–water partition coefficient (Wildman–Crippen LogP) is 3.64. The van der Waals surface area contributed by atoms with Crippen molar-refractivity contribution < 1.29 is 19.3 Å². The number of hydrogen-bond acceptors (Lipinski definition) is 6. The van der Waals surface area contributed by atoms with Crippen molar-refractivity contribution in [1.29, 1.82) is 0 Å². The van der Waals surface area contributed by atoms with E-state index in [1.165, 1.54) is 12.1 Å². The maximum Gasteiger partial charge on any atom is 0.528 e. The van der Waals surface area contributed by atoms with E-state index in [1.807, 2.05) is 0 Å². The topological polar surface area (TPSA) is 81.9 Å². The second-order valence-corrected chi connectivity index (χ2v) is 6.61. The zero-order valence-electron chi connectivity index (χ0n) is 13.7. The molecule has 1 heterocycles. The van der Waals surface area contributed by atoms with Crippen molar-refractivity contribution >= 4 is 11.8 Å². The Balaban J connectivity index is 1.84. The maximum absolute atomic E-state index is 11.6. The average molecular weight is 322 g/mol. The molecule has 0 radical (unpaired) electrons. The van der Waals surface area contributed by atoms with Crippen LogP contribution in [-0.4, -0.2) is 34.8 Å². The minimum atomic E-state index is -0.689. The largest absolute Gasteiger partial charge is 0.528 e. The predicted molar refractivity (Wildman–Crippen MR) is 84.0 cm³/mol. The maximum atomic E-state index is 11.6. The monoisotopic (exact) mass is 322 g/mol. The highest BCUT2D eigenvalue weighted by atomic mass is 16.8. The van der Waals surface area contributed by atoms with Crippen LogP contribution >= 0.6 is 0 Å².